The molecule has 0 aromatic heterocycles. The van der Waals surface area contributed by atoms with E-state index in [2.05, 4.69) is 15.5 Å². The number of carbonyl (C=O) groups is 1. The van der Waals surface area contributed by atoms with E-state index in [1.165, 1.54) is 12.8 Å². The summed E-state index contributed by atoms with van der Waals surface area (Å²) in [6, 6.07) is -0.0939. The topological polar surface area (TPSA) is 53.6 Å². The standard InChI is InChI=1S/C12H23N3O2/c1-13-12(16)11-9-17-7-6-15(11)8-10-2-4-14-5-3-10/h10-11,14H,2-9H2,1H3,(H,13,16). The molecule has 0 aromatic rings. The Morgan fingerprint density at radius 1 is 1.47 bits per heavy atom. The van der Waals surface area contributed by atoms with Crippen molar-refractivity contribution in [1.82, 2.24) is 15.5 Å². The molecule has 2 rings (SSSR count). The molecule has 5 nitrogen and oxygen atoms in total. The molecule has 0 aliphatic carbocycles. The predicted octanol–water partition coefficient (Wildman–Crippen LogP) is -0.567. The SMILES string of the molecule is CNC(=O)C1COCCN1CC1CCNCC1. The lowest BCUT2D eigenvalue weighted by molar-refractivity contribution is -0.132. The monoisotopic (exact) mass is 241 g/mol. The average Bonchev–Trinajstić information content (AvgIpc) is 2.40. The van der Waals surface area contributed by atoms with E-state index in [0.29, 0.717) is 6.61 Å². The van der Waals surface area contributed by atoms with Gasteiger partial charge >= 0.3 is 0 Å². The van der Waals surface area contributed by atoms with Gasteiger partial charge in [0, 0.05) is 20.1 Å². The van der Waals surface area contributed by atoms with Crippen LogP contribution in [-0.2, 0) is 9.53 Å². The molecule has 2 N–H and O–H groups in total. The van der Waals surface area contributed by atoms with Gasteiger partial charge in [-0.25, -0.2) is 0 Å². The molecule has 0 spiro atoms. The number of rotatable bonds is 3. The third-order valence-corrected chi connectivity index (χ3v) is 3.74. The van der Waals surface area contributed by atoms with Gasteiger partial charge in [0.05, 0.1) is 13.2 Å². The van der Waals surface area contributed by atoms with Crippen LogP contribution < -0.4 is 10.6 Å². The Morgan fingerprint density at radius 3 is 2.94 bits per heavy atom. The van der Waals surface area contributed by atoms with E-state index < -0.39 is 0 Å². The molecule has 0 radical (unpaired) electrons. The summed E-state index contributed by atoms with van der Waals surface area (Å²) >= 11 is 0. The van der Waals surface area contributed by atoms with Crippen LogP contribution in [0.5, 0.6) is 0 Å². The maximum atomic E-state index is 11.8. The van der Waals surface area contributed by atoms with Crippen molar-refractivity contribution in [3.05, 3.63) is 0 Å². The predicted molar refractivity (Wildman–Crippen MR) is 65.8 cm³/mol. The summed E-state index contributed by atoms with van der Waals surface area (Å²) in [5.41, 5.74) is 0. The molecule has 5 heteroatoms. The van der Waals surface area contributed by atoms with E-state index in [9.17, 15) is 4.79 Å². The maximum Gasteiger partial charge on any atom is 0.239 e. The van der Waals surface area contributed by atoms with Gasteiger partial charge in [0.15, 0.2) is 0 Å². The Kier molecular flexibility index (Phi) is 4.76. The summed E-state index contributed by atoms with van der Waals surface area (Å²) in [4.78, 5) is 14.1. The number of hydrogen-bond acceptors (Lipinski definition) is 4. The lowest BCUT2D eigenvalue weighted by Gasteiger charge is -2.37. The zero-order valence-corrected chi connectivity index (χ0v) is 10.6. The van der Waals surface area contributed by atoms with Crippen molar-refractivity contribution in [1.29, 1.82) is 0 Å². The van der Waals surface area contributed by atoms with Crippen LogP contribution in [0, 0.1) is 5.92 Å². The lowest BCUT2D eigenvalue weighted by Crippen LogP contribution is -2.54. The summed E-state index contributed by atoms with van der Waals surface area (Å²) < 4.78 is 5.41. The Bertz CT molecular complexity index is 254. The number of amides is 1. The quantitative estimate of drug-likeness (QED) is 0.695. The fourth-order valence-corrected chi connectivity index (χ4v) is 2.66. The summed E-state index contributed by atoms with van der Waals surface area (Å²) in [5, 5.41) is 6.10. The van der Waals surface area contributed by atoms with Crippen LogP contribution in [0.3, 0.4) is 0 Å². The minimum atomic E-state index is -0.0939. The van der Waals surface area contributed by atoms with Crippen molar-refractivity contribution in [2.24, 2.45) is 5.92 Å². The highest BCUT2D eigenvalue weighted by Crippen LogP contribution is 2.17. The van der Waals surface area contributed by atoms with Gasteiger partial charge in [0.25, 0.3) is 0 Å². The second kappa shape index (κ2) is 6.33. The number of piperidine rings is 1. The lowest BCUT2D eigenvalue weighted by atomic mass is 9.96. The van der Waals surface area contributed by atoms with Crippen molar-refractivity contribution in [3.63, 3.8) is 0 Å². The first-order chi connectivity index (χ1) is 8.31. The Hall–Kier alpha value is -0.650. The molecular formula is C12H23N3O2. The van der Waals surface area contributed by atoms with Gasteiger partial charge in [0.2, 0.25) is 5.91 Å². The van der Waals surface area contributed by atoms with Crippen molar-refractivity contribution in [2.75, 3.05) is 46.4 Å². The number of likely N-dealkylation sites (N-methyl/N-ethyl adjacent to an activating group) is 1. The van der Waals surface area contributed by atoms with Gasteiger partial charge in [0.1, 0.15) is 6.04 Å². The molecule has 1 unspecified atom stereocenters. The fraction of sp³-hybridized carbons (Fsp3) is 0.917. The van der Waals surface area contributed by atoms with Crippen LogP contribution in [0.25, 0.3) is 0 Å². The number of morpholine rings is 1. The van der Waals surface area contributed by atoms with Crippen LogP contribution in [-0.4, -0.2) is 63.3 Å². The molecule has 2 fully saturated rings. The van der Waals surface area contributed by atoms with Crippen LogP contribution in [0.4, 0.5) is 0 Å². The van der Waals surface area contributed by atoms with Gasteiger partial charge < -0.3 is 15.4 Å². The molecule has 2 aliphatic rings. The molecule has 1 atom stereocenters. The van der Waals surface area contributed by atoms with Crippen LogP contribution >= 0.6 is 0 Å². The van der Waals surface area contributed by atoms with Crippen LogP contribution in [0.1, 0.15) is 12.8 Å². The second-order valence-corrected chi connectivity index (χ2v) is 4.89. The highest BCUT2D eigenvalue weighted by atomic mass is 16.5. The van der Waals surface area contributed by atoms with Crippen LogP contribution in [0.2, 0.25) is 0 Å². The van der Waals surface area contributed by atoms with Gasteiger partial charge in [-0.1, -0.05) is 0 Å². The second-order valence-electron chi connectivity index (χ2n) is 4.89. The Balaban J connectivity index is 1.88. The van der Waals surface area contributed by atoms with E-state index in [1.807, 2.05) is 0 Å². The van der Waals surface area contributed by atoms with Crippen molar-refractivity contribution < 1.29 is 9.53 Å². The first-order valence-corrected chi connectivity index (χ1v) is 6.55. The largest absolute Gasteiger partial charge is 0.378 e. The fourth-order valence-electron chi connectivity index (χ4n) is 2.66. The first kappa shape index (κ1) is 12.8. The number of nitrogens with zero attached hydrogens (tertiary/aromatic N) is 1. The highest BCUT2D eigenvalue weighted by Gasteiger charge is 2.30. The van der Waals surface area contributed by atoms with Crippen molar-refractivity contribution in [2.45, 2.75) is 18.9 Å². The number of nitrogens with one attached hydrogen (secondary N) is 2. The van der Waals surface area contributed by atoms with Crippen molar-refractivity contribution >= 4 is 5.91 Å². The van der Waals surface area contributed by atoms with E-state index in [0.717, 1.165) is 38.7 Å². The smallest absolute Gasteiger partial charge is 0.239 e. The third kappa shape index (κ3) is 3.40. The first-order valence-electron chi connectivity index (χ1n) is 6.55. The molecule has 17 heavy (non-hydrogen) atoms. The summed E-state index contributed by atoms with van der Waals surface area (Å²) in [6.45, 7) is 5.41. The molecule has 98 valence electrons. The molecule has 0 aromatic carbocycles. The average molecular weight is 241 g/mol. The number of hydrogen-bond donors (Lipinski definition) is 2. The molecule has 2 saturated heterocycles. The van der Waals surface area contributed by atoms with Gasteiger partial charge in [-0.05, 0) is 31.8 Å². The summed E-state index contributed by atoms with van der Waals surface area (Å²) in [7, 11) is 1.69. The minimum Gasteiger partial charge on any atom is -0.378 e. The van der Waals surface area contributed by atoms with Gasteiger partial charge in [-0.3, -0.25) is 9.69 Å². The zero-order valence-electron chi connectivity index (χ0n) is 10.6. The molecule has 1 amide bonds. The van der Waals surface area contributed by atoms with E-state index in [4.69, 9.17) is 4.74 Å². The van der Waals surface area contributed by atoms with E-state index in [1.54, 1.807) is 7.05 Å². The minimum absolute atomic E-state index is 0.0821. The Morgan fingerprint density at radius 2 is 2.24 bits per heavy atom. The molecule has 2 aliphatic heterocycles. The number of ether oxygens (including phenoxy) is 1. The van der Waals surface area contributed by atoms with E-state index in [-0.39, 0.29) is 11.9 Å². The zero-order chi connectivity index (χ0) is 12.1. The maximum absolute atomic E-state index is 11.8. The normalized spacial score (nSPS) is 27.9. The number of carbonyl (C=O) groups excluding carboxylic acids is 1. The molecule has 0 saturated carbocycles. The third-order valence-electron chi connectivity index (χ3n) is 3.74. The highest BCUT2D eigenvalue weighted by molar-refractivity contribution is 5.81. The summed E-state index contributed by atoms with van der Waals surface area (Å²) in [5.74, 6) is 0.806. The molecule has 2 heterocycles. The van der Waals surface area contributed by atoms with Gasteiger partial charge in [-0.2, -0.15) is 0 Å². The summed E-state index contributed by atoms with van der Waals surface area (Å²) in [6.07, 6.45) is 2.44. The molecule has 0 bridgehead atoms. The molecular weight excluding hydrogens is 218 g/mol. The Labute approximate surface area is 103 Å². The van der Waals surface area contributed by atoms with Gasteiger partial charge in [-0.15, -0.1) is 0 Å². The van der Waals surface area contributed by atoms with Crippen molar-refractivity contribution in [3.8, 4) is 0 Å². The van der Waals surface area contributed by atoms with E-state index >= 15 is 0 Å². The van der Waals surface area contributed by atoms with Crippen LogP contribution in [0.15, 0.2) is 0 Å².